The first-order valence-electron chi connectivity index (χ1n) is 25.6. The van der Waals surface area contributed by atoms with Gasteiger partial charge >= 0.3 is 24.1 Å². The summed E-state index contributed by atoms with van der Waals surface area (Å²) in [5.41, 5.74) is 0. The summed E-state index contributed by atoms with van der Waals surface area (Å²) in [6, 6.07) is 0. The maximum Gasteiger partial charge on any atom is 0.407 e. The molecule has 0 heterocycles. The lowest BCUT2D eigenvalue weighted by Gasteiger charge is -2.18. The number of unbranched alkanes of at least 4 members (excludes halogenated alkanes) is 28. The van der Waals surface area contributed by atoms with Gasteiger partial charge in [-0.3, -0.25) is 9.59 Å². The van der Waals surface area contributed by atoms with Crippen LogP contribution in [-0.2, 0) is 38.0 Å². The molecule has 0 aliphatic carbocycles. The summed E-state index contributed by atoms with van der Waals surface area (Å²) < 4.78 is 32.3. The number of rotatable bonds is 47. The predicted molar refractivity (Wildman–Crippen MR) is 251 cm³/mol. The van der Waals surface area contributed by atoms with E-state index in [9.17, 15) is 19.2 Å². The van der Waals surface area contributed by atoms with E-state index >= 15 is 0 Å². The third-order valence-electron chi connectivity index (χ3n) is 10.8. The van der Waals surface area contributed by atoms with Gasteiger partial charge in [-0.15, -0.1) is 0 Å². The topological polar surface area (TPSA) is 148 Å². The van der Waals surface area contributed by atoms with Crippen LogP contribution in [0.25, 0.3) is 0 Å². The summed E-state index contributed by atoms with van der Waals surface area (Å²) in [6.07, 6.45) is 35.9. The van der Waals surface area contributed by atoms with E-state index in [1.54, 1.807) is 13.8 Å². The van der Waals surface area contributed by atoms with Crippen LogP contribution in [0, 0.1) is 0 Å². The average molecular weight is 885 g/mol. The van der Waals surface area contributed by atoms with Crippen LogP contribution in [0.1, 0.15) is 233 Å². The summed E-state index contributed by atoms with van der Waals surface area (Å²) in [5, 5.41) is 5.21. The molecule has 0 rings (SSSR count). The van der Waals surface area contributed by atoms with Crippen LogP contribution in [-0.4, -0.2) is 89.1 Å². The Morgan fingerprint density at radius 2 is 0.726 bits per heavy atom. The van der Waals surface area contributed by atoms with Gasteiger partial charge in [0.25, 0.3) is 0 Å². The van der Waals surface area contributed by atoms with Crippen molar-refractivity contribution in [2.75, 3.05) is 52.7 Å². The Morgan fingerprint density at radius 3 is 1.11 bits per heavy atom. The Balaban J connectivity index is 4.34. The fraction of sp³-hybridized carbons (Fsp3) is 0.920. The molecular weight excluding hydrogens is 789 g/mol. The van der Waals surface area contributed by atoms with Gasteiger partial charge in [-0.1, -0.05) is 194 Å². The third-order valence-corrected chi connectivity index (χ3v) is 10.8. The molecule has 0 bridgehead atoms. The van der Waals surface area contributed by atoms with Gasteiger partial charge in [-0.25, -0.2) is 9.59 Å². The first-order chi connectivity index (χ1) is 30.3. The highest BCUT2D eigenvalue weighted by Crippen LogP contribution is 2.16. The molecule has 0 aromatic rings. The van der Waals surface area contributed by atoms with Crippen LogP contribution in [0.2, 0.25) is 0 Å². The molecule has 1 unspecified atom stereocenters. The summed E-state index contributed by atoms with van der Waals surface area (Å²) in [4.78, 5) is 49.2. The molecule has 0 radical (unpaired) electrons. The van der Waals surface area contributed by atoms with E-state index in [0.29, 0.717) is 32.8 Å². The van der Waals surface area contributed by atoms with Crippen LogP contribution in [0.3, 0.4) is 0 Å². The molecule has 0 aliphatic rings. The van der Waals surface area contributed by atoms with Gasteiger partial charge in [-0.2, -0.15) is 0 Å². The highest BCUT2D eigenvalue weighted by molar-refractivity contribution is 5.70. The second kappa shape index (κ2) is 47.9. The Kier molecular flexibility index (Phi) is 45.9. The molecule has 2 amide bonds. The van der Waals surface area contributed by atoms with E-state index in [1.807, 2.05) is 0 Å². The number of carbonyl (C=O) groups is 4. The second-order valence-corrected chi connectivity index (χ2v) is 17.3. The van der Waals surface area contributed by atoms with Crippen LogP contribution >= 0.6 is 0 Å². The lowest BCUT2D eigenvalue weighted by atomic mass is 10.0. The highest BCUT2D eigenvalue weighted by atomic mass is 16.6. The molecule has 0 spiro atoms. The molecule has 0 aromatic heterocycles. The predicted octanol–water partition coefficient (Wildman–Crippen LogP) is 12.9. The smallest absolute Gasteiger partial charge is 0.407 e. The summed E-state index contributed by atoms with van der Waals surface area (Å²) in [7, 11) is 0. The van der Waals surface area contributed by atoms with E-state index in [1.165, 1.54) is 154 Å². The van der Waals surface area contributed by atoms with Crippen LogP contribution in [0.4, 0.5) is 9.59 Å². The van der Waals surface area contributed by atoms with Crippen molar-refractivity contribution < 1.29 is 47.6 Å². The molecule has 366 valence electrons. The SMILES string of the molecule is CCCCCCCCCCCCCCCCCC(=O)OCC(COC(=O)NCCOCCOCCNC(=O)OC(C)C)OC(=O)CCCCCCCCCCCCCCCCC. The van der Waals surface area contributed by atoms with Gasteiger partial charge in [0.15, 0.2) is 6.10 Å². The first-order valence-corrected chi connectivity index (χ1v) is 25.6. The number of amides is 2. The standard InChI is InChI=1S/C50H96N2O10/c1-5-7-9-11-13-15-17-19-21-23-25-27-29-31-33-35-47(53)59-43-46(44-60-49(55)51-37-39-57-41-42-58-40-38-52-50(56)61-45(3)4)62-48(54)36-34-32-30-28-26-24-22-20-18-16-14-12-10-8-6-2/h45-46H,5-44H2,1-4H3,(H,51,55)(H,52,56). The average Bonchev–Trinajstić information content (AvgIpc) is 3.24. The molecule has 12 heteroatoms. The van der Waals surface area contributed by atoms with E-state index in [0.717, 1.165) is 38.5 Å². The zero-order valence-corrected chi connectivity index (χ0v) is 40.5. The number of carbonyl (C=O) groups excluding carboxylic acids is 4. The number of hydrogen-bond donors (Lipinski definition) is 2. The van der Waals surface area contributed by atoms with Crippen LogP contribution < -0.4 is 10.6 Å². The molecular formula is C50H96N2O10. The molecule has 0 aromatic carbocycles. The van der Waals surface area contributed by atoms with Crippen molar-refractivity contribution in [3.05, 3.63) is 0 Å². The van der Waals surface area contributed by atoms with Crippen molar-refractivity contribution in [3.63, 3.8) is 0 Å². The summed E-state index contributed by atoms with van der Waals surface area (Å²) in [5.74, 6) is -0.715. The minimum atomic E-state index is -0.885. The number of nitrogens with one attached hydrogen (secondary N) is 2. The quantitative estimate of drug-likeness (QED) is 0.0344. The van der Waals surface area contributed by atoms with Gasteiger partial charge in [0.2, 0.25) is 0 Å². The van der Waals surface area contributed by atoms with Crippen molar-refractivity contribution in [3.8, 4) is 0 Å². The van der Waals surface area contributed by atoms with Gasteiger partial charge in [0.05, 0.1) is 32.5 Å². The van der Waals surface area contributed by atoms with Gasteiger partial charge in [0, 0.05) is 25.9 Å². The molecule has 0 aliphatic heterocycles. The Hall–Kier alpha value is -2.60. The maximum absolute atomic E-state index is 12.8. The van der Waals surface area contributed by atoms with Crippen molar-refractivity contribution >= 4 is 24.1 Å². The minimum absolute atomic E-state index is 0.160. The van der Waals surface area contributed by atoms with Crippen LogP contribution in [0.5, 0.6) is 0 Å². The molecule has 1 atom stereocenters. The third kappa shape index (κ3) is 46.9. The normalized spacial score (nSPS) is 11.7. The van der Waals surface area contributed by atoms with Crippen molar-refractivity contribution in [2.24, 2.45) is 0 Å². The van der Waals surface area contributed by atoms with Crippen LogP contribution in [0.15, 0.2) is 0 Å². The highest BCUT2D eigenvalue weighted by Gasteiger charge is 2.19. The Labute approximate surface area is 379 Å². The maximum atomic E-state index is 12.8. The number of ether oxygens (including phenoxy) is 6. The zero-order valence-electron chi connectivity index (χ0n) is 40.5. The summed E-state index contributed by atoms with van der Waals surface area (Å²) in [6.45, 7) is 9.44. The van der Waals surface area contributed by atoms with Crippen molar-refractivity contribution in [1.29, 1.82) is 0 Å². The minimum Gasteiger partial charge on any atom is -0.462 e. The van der Waals surface area contributed by atoms with E-state index < -0.39 is 18.3 Å². The number of esters is 2. The molecule has 0 saturated heterocycles. The zero-order chi connectivity index (χ0) is 45.4. The second-order valence-electron chi connectivity index (χ2n) is 17.3. The Bertz CT molecular complexity index is 1010. The Morgan fingerprint density at radius 1 is 0.387 bits per heavy atom. The fourth-order valence-corrected chi connectivity index (χ4v) is 7.15. The number of alkyl carbamates (subject to hydrolysis) is 2. The number of hydrogen-bond acceptors (Lipinski definition) is 10. The lowest BCUT2D eigenvalue weighted by Crippen LogP contribution is -2.34. The van der Waals surface area contributed by atoms with Gasteiger partial charge in [-0.05, 0) is 26.7 Å². The van der Waals surface area contributed by atoms with Crippen molar-refractivity contribution in [2.45, 2.75) is 245 Å². The van der Waals surface area contributed by atoms with E-state index in [2.05, 4.69) is 24.5 Å². The molecule has 0 saturated carbocycles. The fourth-order valence-electron chi connectivity index (χ4n) is 7.15. The van der Waals surface area contributed by atoms with Gasteiger partial charge < -0.3 is 39.1 Å². The van der Waals surface area contributed by atoms with Crippen molar-refractivity contribution in [1.82, 2.24) is 10.6 Å². The van der Waals surface area contributed by atoms with E-state index in [-0.39, 0.29) is 50.8 Å². The van der Waals surface area contributed by atoms with E-state index in [4.69, 9.17) is 28.4 Å². The summed E-state index contributed by atoms with van der Waals surface area (Å²) >= 11 is 0. The first kappa shape index (κ1) is 59.4. The molecule has 0 fully saturated rings. The monoisotopic (exact) mass is 885 g/mol. The lowest BCUT2D eigenvalue weighted by molar-refractivity contribution is -0.161. The molecule has 12 nitrogen and oxygen atoms in total. The molecule has 2 N–H and O–H groups in total. The molecule has 62 heavy (non-hydrogen) atoms. The largest absolute Gasteiger partial charge is 0.462 e. The van der Waals surface area contributed by atoms with Gasteiger partial charge in [0.1, 0.15) is 13.2 Å².